The summed E-state index contributed by atoms with van der Waals surface area (Å²) in [6.45, 7) is 0. The van der Waals surface area contributed by atoms with Gasteiger partial charge in [0.1, 0.15) is 5.82 Å². The van der Waals surface area contributed by atoms with Crippen LogP contribution in [0.2, 0.25) is 0 Å². The molecule has 1 nitrogen and oxygen atoms in total. The van der Waals surface area contributed by atoms with Gasteiger partial charge in [0.25, 0.3) is 0 Å². The van der Waals surface area contributed by atoms with Gasteiger partial charge in [-0.1, -0.05) is 12.2 Å². The van der Waals surface area contributed by atoms with Gasteiger partial charge in [-0.25, -0.2) is 13.2 Å². The summed E-state index contributed by atoms with van der Waals surface area (Å²) in [7, 11) is 0. The SMILES string of the molecule is Fc1cc(F)c(NC2CC3CC=CC32)cc1F. The lowest BCUT2D eigenvalue weighted by Gasteiger charge is -2.41. The highest BCUT2D eigenvalue weighted by Gasteiger charge is 2.41. The summed E-state index contributed by atoms with van der Waals surface area (Å²) in [5.74, 6) is -1.87. The fourth-order valence-electron chi connectivity index (χ4n) is 2.72. The molecule has 90 valence electrons. The number of nitrogens with one attached hydrogen (secondary N) is 1. The normalized spacial score (nSPS) is 29.9. The number of hydrogen-bond acceptors (Lipinski definition) is 1. The maximum Gasteiger partial charge on any atom is 0.161 e. The molecule has 0 aromatic heterocycles. The molecule has 1 aromatic rings. The molecule has 1 fully saturated rings. The van der Waals surface area contributed by atoms with Crippen molar-refractivity contribution in [3.63, 3.8) is 0 Å². The van der Waals surface area contributed by atoms with Crippen LogP contribution in [0.25, 0.3) is 0 Å². The molecule has 0 radical (unpaired) electrons. The molecule has 1 saturated carbocycles. The Kier molecular flexibility index (Phi) is 2.38. The Morgan fingerprint density at radius 1 is 1.06 bits per heavy atom. The minimum Gasteiger partial charge on any atom is -0.379 e. The number of fused-ring (bicyclic) bond motifs is 1. The van der Waals surface area contributed by atoms with Crippen molar-refractivity contribution in [2.75, 3.05) is 5.32 Å². The van der Waals surface area contributed by atoms with Crippen LogP contribution in [0.3, 0.4) is 0 Å². The zero-order valence-electron chi connectivity index (χ0n) is 9.09. The zero-order valence-corrected chi connectivity index (χ0v) is 9.09. The van der Waals surface area contributed by atoms with Crippen LogP contribution in [0.15, 0.2) is 24.3 Å². The number of benzene rings is 1. The molecule has 17 heavy (non-hydrogen) atoms. The maximum atomic E-state index is 13.4. The van der Waals surface area contributed by atoms with E-state index in [1.807, 2.05) is 0 Å². The van der Waals surface area contributed by atoms with Crippen LogP contribution < -0.4 is 5.32 Å². The van der Waals surface area contributed by atoms with Crippen LogP contribution in [0.5, 0.6) is 0 Å². The lowest BCUT2D eigenvalue weighted by Crippen LogP contribution is -2.43. The third kappa shape index (κ3) is 1.72. The van der Waals surface area contributed by atoms with Crippen LogP contribution in [-0.4, -0.2) is 6.04 Å². The quantitative estimate of drug-likeness (QED) is 0.615. The first kappa shape index (κ1) is 10.7. The van der Waals surface area contributed by atoms with Crippen molar-refractivity contribution < 1.29 is 13.2 Å². The summed E-state index contributed by atoms with van der Waals surface area (Å²) in [5.41, 5.74) is 0.0488. The van der Waals surface area contributed by atoms with Gasteiger partial charge in [-0.2, -0.15) is 0 Å². The molecule has 2 aliphatic rings. The van der Waals surface area contributed by atoms with Crippen molar-refractivity contribution in [3.8, 4) is 0 Å². The van der Waals surface area contributed by atoms with Crippen molar-refractivity contribution >= 4 is 5.69 Å². The molecular formula is C13H12F3N. The van der Waals surface area contributed by atoms with Crippen LogP contribution in [0.1, 0.15) is 12.8 Å². The van der Waals surface area contributed by atoms with Gasteiger partial charge in [0.15, 0.2) is 11.6 Å². The average Bonchev–Trinajstić information content (AvgIpc) is 2.63. The van der Waals surface area contributed by atoms with Crippen LogP contribution >= 0.6 is 0 Å². The fourth-order valence-corrected chi connectivity index (χ4v) is 2.72. The molecule has 3 unspecified atom stereocenters. The molecule has 2 aliphatic carbocycles. The summed E-state index contributed by atoms with van der Waals surface area (Å²) in [6.07, 6.45) is 6.27. The lowest BCUT2D eigenvalue weighted by molar-refractivity contribution is 0.217. The van der Waals surface area contributed by atoms with Crippen LogP contribution in [0.4, 0.5) is 18.9 Å². The van der Waals surface area contributed by atoms with Gasteiger partial charge < -0.3 is 5.32 Å². The zero-order chi connectivity index (χ0) is 12.0. The van der Waals surface area contributed by atoms with E-state index >= 15 is 0 Å². The number of hydrogen-bond donors (Lipinski definition) is 1. The largest absolute Gasteiger partial charge is 0.379 e. The minimum atomic E-state index is -1.15. The first-order valence-electron chi connectivity index (χ1n) is 5.73. The van der Waals surface area contributed by atoms with Crippen LogP contribution in [0, 0.1) is 29.3 Å². The number of halogens is 3. The third-order valence-electron chi connectivity index (χ3n) is 3.71. The van der Waals surface area contributed by atoms with Gasteiger partial charge in [-0.05, 0) is 18.8 Å². The van der Waals surface area contributed by atoms with Gasteiger partial charge >= 0.3 is 0 Å². The summed E-state index contributed by atoms with van der Waals surface area (Å²) < 4.78 is 39.2. The van der Waals surface area contributed by atoms with Crippen molar-refractivity contribution in [1.29, 1.82) is 0 Å². The maximum absolute atomic E-state index is 13.4. The molecule has 0 spiro atoms. The van der Waals surface area contributed by atoms with Gasteiger partial charge in [0.2, 0.25) is 0 Å². The molecule has 0 heterocycles. The second kappa shape index (κ2) is 3.79. The summed E-state index contributed by atoms with van der Waals surface area (Å²) in [4.78, 5) is 0. The van der Waals surface area contributed by atoms with Crippen molar-refractivity contribution in [2.45, 2.75) is 18.9 Å². The second-order valence-corrected chi connectivity index (χ2v) is 4.73. The highest BCUT2D eigenvalue weighted by atomic mass is 19.2. The standard InChI is InChI=1S/C13H12F3N/c14-9-5-11(16)13(6-10(9)15)17-12-4-7-2-1-3-8(7)12/h1,3,5-8,12,17H,2,4H2. The predicted molar refractivity (Wildman–Crippen MR) is 59.1 cm³/mol. The predicted octanol–water partition coefficient (Wildman–Crippen LogP) is 3.48. The number of rotatable bonds is 2. The van der Waals surface area contributed by atoms with E-state index in [0.717, 1.165) is 18.9 Å². The highest BCUT2D eigenvalue weighted by molar-refractivity contribution is 5.47. The van der Waals surface area contributed by atoms with E-state index < -0.39 is 17.5 Å². The lowest BCUT2D eigenvalue weighted by atomic mass is 9.71. The molecule has 3 atom stereocenters. The summed E-state index contributed by atoms with van der Waals surface area (Å²) >= 11 is 0. The summed E-state index contributed by atoms with van der Waals surface area (Å²) in [6, 6.07) is 1.60. The fraction of sp³-hybridized carbons (Fsp3) is 0.385. The molecule has 0 saturated heterocycles. The Morgan fingerprint density at radius 3 is 2.59 bits per heavy atom. The Labute approximate surface area is 97.3 Å². The van der Waals surface area contributed by atoms with E-state index in [-0.39, 0.29) is 11.7 Å². The average molecular weight is 239 g/mol. The number of allylic oxidation sites excluding steroid dienone is 1. The highest BCUT2D eigenvalue weighted by Crippen LogP contribution is 2.44. The van der Waals surface area contributed by atoms with Crippen LogP contribution in [-0.2, 0) is 0 Å². The van der Waals surface area contributed by atoms with Crippen molar-refractivity contribution in [2.24, 2.45) is 11.8 Å². The topological polar surface area (TPSA) is 12.0 Å². The number of anilines is 1. The first-order chi connectivity index (χ1) is 8.15. The Balaban J connectivity index is 1.77. The summed E-state index contributed by atoms with van der Waals surface area (Å²) in [5, 5.41) is 2.95. The molecule has 0 aliphatic heterocycles. The van der Waals surface area contributed by atoms with Gasteiger partial charge in [0, 0.05) is 24.1 Å². The van der Waals surface area contributed by atoms with Gasteiger partial charge in [-0.15, -0.1) is 0 Å². The smallest absolute Gasteiger partial charge is 0.161 e. The van der Waals surface area contributed by atoms with E-state index in [1.165, 1.54) is 0 Å². The van der Waals surface area contributed by atoms with Gasteiger partial charge in [-0.3, -0.25) is 0 Å². The van der Waals surface area contributed by atoms with Crippen molar-refractivity contribution in [3.05, 3.63) is 41.7 Å². The minimum absolute atomic E-state index is 0.0488. The first-order valence-corrected chi connectivity index (χ1v) is 5.73. The molecule has 0 bridgehead atoms. The third-order valence-corrected chi connectivity index (χ3v) is 3.71. The Bertz CT molecular complexity index is 484. The Morgan fingerprint density at radius 2 is 1.82 bits per heavy atom. The van der Waals surface area contributed by atoms with E-state index in [9.17, 15) is 13.2 Å². The van der Waals surface area contributed by atoms with E-state index in [1.54, 1.807) is 0 Å². The Hall–Kier alpha value is -1.45. The molecule has 1 N–H and O–H groups in total. The van der Waals surface area contributed by atoms with E-state index in [0.29, 0.717) is 17.9 Å². The molecular weight excluding hydrogens is 227 g/mol. The monoisotopic (exact) mass is 239 g/mol. The van der Waals surface area contributed by atoms with Gasteiger partial charge in [0.05, 0.1) is 5.69 Å². The van der Waals surface area contributed by atoms with Crippen molar-refractivity contribution in [1.82, 2.24) is 0 Å². The van der Waals surface area contributed by atoms with E-state index in [4.69, 9.17) is 0 Å². The molecule has 0 amide bonds. The molecule has 4 heteroatoms. The molecule has 3 rings (SSSR count). The molecule has 1 aromatic carbocycles. The second-order valence-electron chi connectivity index (χ2n) is 4.73. The van der Waals surface area contributed by atoms with E-state index in [2.05, 4.69) is 17.5 Å².